The zero-order valence-corrected chi connectivity index (χ0v) is 29.7. The number of hydrogen-bond donors (Lipinski definition) is 0. The maximum absolute atomic E-state index is 2.44. The van der Waals surface area contributed by atoms with Crippen molar-refractivity contribution < 1.29 is 0 Å². The van der Waals surface area contributed by atoms with Gasteiger partial charge >= 0.3 is 0 Å². The van der Waals surface area contributed by atoms with Crippen LogP contribution in [0.25, 0.3) is 71.6 Å². The number of hydrogen-bond acceptors (Lipinski definition) is 1. The van der Waals surface area contributed by atoms with Crippen LogP contribution in [0.4, 0.5) is 17.1 Å². The van der Waals surface area contributed by atoms with Gasteiger partial charge in [-0.1, -0.05) is 158 Å². The Labute approximate surface area is 315 Å². The van der Waals surface area contributed by atoms with Gasteiger partial charge in [0.1, 0.15) is 0 Å². The molecule has 0 radical (unpaired) electrons. The average molecular weight is 689 g/mol. The van der Waals surface area contributed by atoms with Gasteiger partial charge in [0.25, 0.3) is 0 Å². The van der Waals surface area contributed by atoms with Crippen LogP contribution in [-0.2, 0) is 0 Å². The van der Waals surface area contributed by atoms with E-state index in [9.17, 15) is 0 Å². The summed E-state index contributed by atoms with van der Waals surface area (Å²) in [6, 6.07) is 78.8. The van der Waals surface area contributed by atoms with Crippen LogP contribution in [0.1, 0.15) is 0 Å². The van der Waals surface area contributed by atoms with Gasteiger partial charge in [0.2, 0.25) is 0 Å². The van der Waals surface area contributed by atoms with E-state index >= 15 is 0 Å². The minimum absolute atomic E-state index is 1.10. The smallest absolute Gasteiger partial charge is 0.0547 e. The van der Waals surface area contributed by atoms with Crippen LogP contribution in [0.5, 0.6) is 0 Å². The fourth-order valence-corrected chi connectivity index (χ4v) is 7.93. The van der Waals surface area contributed by atoms with Gasteiger partial charge in [0.15, 0.2) is 0 Å². The second-order valence-corrected chi connectivity index (χ2v) is 13.8. The Hall–Kier alpha value is -7.16. The van der Waals surface area contributed by atoms with Crippen LogP contribution in [0, 0.1) is 0 Å². The van der Waals surface area contributed by atoms with Crippen LogP contribution >= 0.6 is 0 Å². The maximum Gasteiger partial charge on any atom is 0.0547 e. The molecular formula is C52H36N2. The SMILES string of the molecule is c1ccc(-c2ccc(N(c3ccc(-c4ccccc4)cc3)c3ccc(-c4ccccc4-n4c5ccccc5c5cc6ccccc6cc54)cc3)cc2)cc1. The number of fused-ring (bicyclic) bond motifs is 4. The second-order valence-electron chi connectivity index (χ2n) is 13.8. The highest BCUT2D eigenvalue weighted by Gasteiger charge is 2.18. The lowest BCUT2D eigenvalue weighted by atomic mass is 10.0. The maximum atomic E-state index is 2.44. The molecule has 0 saturated heterocycles. The van der Waals surface area contributed by atoms with E-state index in [0.717, 1.165) is 22.7 Å². The van der Waals surface area contributed by atoms with Crippen LogP contribution in [0.3, 0.4) is 0 Å². The van der Waals surface area contributed by atoms with Gasteiger partial charge in [-0.05, 0) is 99.3 Å². The van der Waals surface area contributed by atoms with Crippen LogP contribution < -0.4 is 4.90 Å². The molecule has 0 aliphatic rings. The topological polar surface area (TPSA) is 8.17 Å². The van der Waals surface area contributed by atoms with E-state index in [-0.39, 0.29) is 0 Å². The van der Waals surface area contributed by atoms with Crippen molar-refractivity contribution in [3.8, 4) is 39.1 Å². The number of anilines is 3. The van der Waals surface area contributed by atoms with Crippen molar-refractivity contribution in [3.05, 3.63) is 218 Å². The van der Waals surface area contributed by atoms with E-state index in [1.165, 1.54) is 66.0 Å². The molecular weight excluding hydrogens is 653 g/mol. The molecule has 0 unspecified atom stereocenters. The first-order valence-corrected chi connectivity index (χ1v) is 18.5. The molecule has 254 valence electrons. The van der Waals surface area contributed by atoms with Gasteiger partial charge in [0, 0.05) is 33.4 Å². The predicted octanol–water partition coefficient (Wildman–Crippen LogP) is 14.4. The van der Waals surface area contributed by atoms with Crippen LogP contribution in [-0.4, -0.2) is 4.57 Å². The summed E-state index contributed by atoms with van der Waals surface area (Å²) in [5, 5.41) is 5.02. The lowest BCUT2D eigenvalue weighted by molar-refractivity contribution is 1.18. The summed E-state index contributed by atoms with van der Waals surface area (Å²) in [6.45, 7) is 0. The predicted molar refractivity (Wildman–Crippen MR) is 229 cm³/mol. The molecule has 1 aromatic heterocycles. The summed E-state index contributed by atoms with van der Waals surface area (Å²) in [6.07, 6.45) is 0. The van der Waals surface area contributed by atoms with Gasteiger partial charge in [-0.3, -0.25) is 0 Å². The first-order chi connectivity index (χ1) is 26.8. The van der Waals surface area contributed by atoms with Gasteiger partial charge in [-0.25, -0.2) is 0 Å². The zero-order chi connectivity index (χ0) is 35.8. The lowest BCUT2D eigenvalue weighted by Crippen LogP contribution is -2.09. The van der Waals surface area contributed by atoms with E-state index < -0.39 is 0 Å². The molecule has 10 rings (SSSR count). The highest BCUT2D eigenvalue weighted by atomic mass is 15.1. The Kier molecular flexibility index (Phi) is 7.85. The molecule has 0 atom stereocenters. The van der Waals surface area contributed by atoms with Crippen LogP contribution in [0.15, 0.2) is 218 Å². The van der Waals surface area contributed by atoms with E-state index in [4.69, 9.17) is 0 Å². The van der Waals surface area contributed by atoms with E-state index in [0.29, 0.717) is 0 Å². The number of aromatic nitrogens is 1. The molecule has 0 bridgehead atoms. The fourth-order valence-electron chi connectivity index (χ4n) is 7.93. The molecule has 0 aliphatic heterocycles. The molecule has 0 fully saturated rings. The highest BCUT2D eigenvalue weighted by molar-refractivity contribution is 6.14. The van der Waals surface area contributed by atoms with Gasteiger partial charge in [0.05, 0.1) is 16.7 Å². The molecule has 1 heterocycles. The third-order valence-electron chi connectivity index (χ3n) is 10.6. The van der Waals surface area contributed by atoms with Crippen molar-refractivity contribution in [2.24, 2.45) is 0 Å². The van der Waals surface area contributed by atoms with E-state index in [1.807, 2.05) is 0 Å². The Bertz CT molecular complexity index is 2810. The molecule has 10 aromatic rings. The molecule has 0 amide bonds. The Balaban J connectivity index is 1.07. The van der Waals surface area contributed by atoms with Crippen molar-refractivity contribution in [3.63, 3.8) is 0 Å². The quantitative estimate of drug-likeness (QED) is 0.162. The summed E-state index contributed by atoms with van der Waals surface area (Å²) in [7, 11) is 0. The highest BCUT2D eigenvalue weighted by Crippen LogP contribution is 2.40. The van der Waals surface area contributed by atoms with Gasteiger partial charge in [-0.15, -0.1) is 0 Å². The minimum Gasteiger partial charge on any atom is -0.311 e. The molecule has 9 aromatic carbocycles. The van der Waals surface area contributed by atoms with E-state index in [1.54, 1.807) is 0 Å². The summed E-state index contributed by atoms with van der Waals surface area (Å²) in [5.41, 5.74) is 14.1. The van der Waals surface area contributed by atoms with Gasteiger partial charge < -0.3 is 9.47 Å². The first-order valence-electron chi connectivity index (χ1n) is 18.5. The third-order valence-corrected chi connectivity index (χ3v) is 10.6. The largest absolute Gasteiger partial charge is 0.311 e. The summed E-state index contributed by atoms with van der Waals surface area (Å²) in [4.78, 5) is 2.34. The normalized spacial score (nSPS) is 11.3. The van der Waals surface area contributed by atoms with Crippen molar-refractivity contribution in [2.45, 2.75) is 0 Å². The molecule has 54 heavy (non-hydrogen) atoms. The van der Waals surface area contributed by atoms with Gasteiger partial charge in [-0.2, -0.15) is 0 Å². The molecule has 2 heteroatoms. The molecule has 0 aliphatic carbocycles. The molecule has 0 saturated carbocycles. The Morgan fingerprint density at radius 1 is 0.296 bits per heavy atom. The van der Waals surface area contributed by atoms with Crippen molar-refractivity contribution >= 4 is 49.6 Å². The first kappa shape index (κ1) is 31.6. The average Bonchev–Trinajstić information content (AvgIpc) is 3.57. The molecule has 2 nitrogen and oxygen atoms in total. The Morgan fingerprint density at radius 3 is 1.33 bits per heavy atom. The second kappa shape index (κ2) is 13.4. The summed E-state index contributed by atoms with van der Waals surface area (Å²) >= 11 is 0. The number of nitrogens with zero attached hydrogens (tertiary/aromatic N) is 2. The van der Waals surface area contributed by atoms with E-state index in [2.05, 4.69) is 228 Å². The Morgan fingerprint density at radius 2 is 0.741 bits per heavy atom. The van der Waals surface area contributed by atoms with Crippen LogP contribution in [0.2, 0.25) is 0 Å². The summed E-state index contributed by atoms with van der Waals surface area (Å²) in [5.74, 6) is 0. The molecule has 0 N–H and O–H groups in total. The number of rotatable bonds is 7. The lowest BCUT2D eigenvalue weighted by Gasteiger charge is -2.26. The zero-order valence-electron chi connectivity index (χ0n) is 29.7. The monoisotopic (exact) mass is 688 g/mol. The summed E-state index contributed by atoms with van der Waals surface area (Å²) < 4.78 is 2.44. The number of benzene rings is 9. The molecule has 0 spiro atoms. The number of para-hydroxylation sites is 2. The van der Waals surface area contributed by atoms with Crippen molar-refractivity contribution in [1.82, 2.24) is 4.57 Å². The standard InChI is InChI=1S/C52H36N2/c1-3-13-37(14-4-1)39-23-29-44(30-24-39)53(45-31-25-40(26-32-45)38-15-5-2-6-16-38)46-33-27-41(28-34-46)47-19-9-11-21-50(47)54-51-22-12-10-20-48(51)49-35-42-17-7-8-18-43(42)36-52(49)54/h1-36H. The minimum atomic E-state index is 1.10. The van der Waals surface area contributed by atoms with Crippen molar-refractivity contribution in [1.29, 1.82) is 0 Å². The fraction of sp³-hybridized carbons (Fsp3) is 0. The van der Waals surface area contributed by atoms with Crippen molar-refractivity contribution in [2.75, 3.05) is 4.90 Å². The third kappa shape index (κ3) is 5.62.